The van der Waals surface area contributed by atoms with E-state index in [1.165, 1.54) is 5.56 Å². The molecule has 0 radical (unpaired) electrons. The van der Waals surface area contributed by atoms with E-state index in [4.69, 9.17) is 4.74 Å². The van der Waals surface area contributed by atoms with Crippen molar-refractivity contribution in [2.45, 2.75) is 13.5 Å². The second kappa shape index (κ2) is 7.14. The van der Waals surface area contributed by atoms with Crippen molar-refractivity contribution in [3.05, 3.63) is 54.0 Å². The quantitative estimate of drug-likeness (QED) is 0.452. The highest BCUT2D eigenvalue weighted by molar-refractivity contribution is 5.96. The van der Waals surface area contributed by atoms with Crippen molar-refractivity contribution in [2.75, 3.05) is 33.2 Å². The Labute approximate surface area is 180 Å². The van der Waals surface area contributed by atoms with Crippen LogP contribution in [0.25, 0.3) is 33.5 Å². The molecule has 0 atom stereocenters. The van der Waals surface area contributed by atoms with Gasteiger partial charge in [-0.1, -0.05) is 24.3 Å². The number of ether oxygens (including phenoxy) is 1. The number of fused-ring (bicyclic) bond motifs is 2. The van der Waals surface area contributed by atoms with Crippen molar-refractivity contribution < 1.29 is 4.74 Å². The van der Waals surface area contributed by atoms with E-state index < -0.39 is 0 Å². The molecule has 7 nitrogen and oxygen atoms in total. The predicted octanol–water partition coefficient (Wildman–Crippen LogP) is 3.85. The summed E-state index contributed by atoms with van der Waals surface area (Å²) in [5.41, 5.74) is 6.42. The fourth-order valence-corrected chi connectivity index (χ4v) is 4.31. The van der Waals surface area contributed by atoms with Crippen molar-refractivity contribution in [1.82, 2.24) is 29.7 Å². The standard InChI is InChI=1S/C24H24N6O/c1-15-21(23-26-13-20-24(28-23)31-20)19-11-18(12-25-22(19)27-15)17-5-3-16(4-6-17)14-30-9-7-29(2)8-10-30/h3-6,11-13H,7-10,14H2,1-2H3,(H,25,27). The van der Waals surface area contributed by atoms with Crippen LogP contribution in [-0.4, -0.2) is 63.0 Å². The maximum absolute atomic E-state index is 5.29. The topological polar surface area (TPSA) is 73.5 Å². The van der Waals surface area contributed by atoms with E-state index >= 15 is 0 Å². The lowest BCUT2D eigenvalue weighted by Crippen LogP contribution is -2.43. The Bertz CT molecular complexity index is 1270. The van der Waals surface area contributed by atoms with E-state index in [1.54, 1.807) is 6.20 Å². The molecule has 0 aliphatic carbocycles. The lowest BCUT2D eigenvalue weighted by molar-refractivity contribution is 0.148. The molecule has 156 valence electrons. The number of rotatable bonds is 4. The molecule has 2 aliphatic heterocycles. The molecule has 0 saturated carbocycles. The highest BCUT2D eigenvalue weighted by Crippen LogP contribution is 2.43. The van der Waals surface area contributed by atoms with Gasteiger partial charge in [-0.2, -0.15) is 4.98 Å². The Balaban J connectivity index is 1.29. The number of piperazine rings is 1. The first-order valence-electron chi connectivity index (χ1n) is 10.7. The van der Waals surface area contributed by atoms with Gasteiger partial charge in [-0.25, -0.2) is 9.97 Å². The molecule has 31 heavy (non-hydrogen) atoms. The van der Waals surface area contributed by atoms with E-state index in [0.717, 1.165) is 71.9 Å². The Morgan fingerprint density at radius 3 is 2.58 bits per heavy atom. The van der Waals surface area contributed by atoms with Crippen LogP contribution in [0.1, 0.15) is 11.3 Å². The van der Waals surface area contributed by atoms with Crippen LogP contribution in [0.15, 0.2) is 42.7 Å². The fourth-order valence-electron chi connectivity index (χ4n) is 4.31. The Kier molecular flexibility index (Phi) is 4.26. The average molecular weight is 412 g/mol. The molecule has 0 unspecified atom stereocenters. The lowest BCUT2D eigenvalue weighted by atomic mass is 10.0. The smallest absolute Gasteiger partial charge is 0.267 e. The number of likely N-dealkylation sites (N-methyl/N-ethyl adjacent to an activating group) is 1. The number of pyridine rings is 1. The van der Waals surface area contributed by atoms with Gasteiger partial charge in [0.05, 0.1) is 6.20 Å². The number of aromatic amines is 1. The van der Waals surface area contributed by atoms with Gasteiger partial charge in [0.1, 0.15) is 5.65 Å². The third-order valence-electron chi connectivity index (χ3n) is 6.24. The normalized spacial score (nSPS) is 16.3. The summed E-state index contributed by atoms with van der Waals surface area (Å²) in [6.07, 6.45) is 3.65. The first-order chi connectivity index (χ1) is 15.1. The first-order valence-corrected chi connectivity index (χ1v) is 10.7. The number of H-pyrrole nitrogens is 1. The molecule has 6 rings (SSSR count). The highest BCUT2D eigenvalue weighted by atomic mass is 16.6. The van der Waals surface area contributed by atoms with Crippen molar-refractivity contribution in [2.24, 2.45) is 0 Å². The van der Waals surface area contributed by atoms with Gasteiger partial charge in [-0.3, -0.25) is 4.90 Å². The van der Waals surface area contributed by atoms with Crippen LogP contribution in [0, 0.1) is 6.92 Å². The molecule has 0 bridgehead atoms. The van der Waals surface area contributed by atoms with Crippen LogP contribution in [0.3, 0.4) is 0 Å². The van der Waals surface area contributed by atoms with Gasteiger partial charge in [-0.05, 0) is 31.2 Å². The van der Waals surface area contributed by atoms with Crippen molar-refractivity contribution in [3.63, 3.8) is 0 Å². The number of aromatic nitrogens is 4. The number of hydrogen-bond donors (Lipinski definition) is 1. The maximum Gasteiger partial charge on any atom is 0.267 e. The minimum atomic E-state index is 0.666. The molecular weight excluding hydrogens is 388 g/mol. The van der Waals surface area contributed by atoms with Gasteiger partial charge in [0.2, 0.25) is 5.75 Å². The molecule has 4 aromatic rings. The largest absolute Gasteiger partial charge is 0.428 e. The third kappa shape index (κ3) is 3.45. The minimum absolute atomic E-state index is 0.666. The zero-order chi connectivity index (χ0) is 20.9. The Morgan fingerprint density at radius 2 is 1.81 bits per heavy atom. The van der Waals surface area contributed by atoms with Gasteiger partial charge in [-0.15, -0.1) is 0 Å². The number of hydrogen-bond acceptors (Lipinski definition) is 6. The maximum atomic E-state index is 5.29. The molecule has 0 spiro atoms. The zero-order valence-electron chi connectivity index (χ0n) is 17.7. The van der Waals surface area contributed by atoms with E-state index in [0.29, 0.717) is 11.7 Å². The van der Waals surface area contributed by atoms with E-state index in [2.05, 4.69) is 67.1 Å². The van der Waals surface area contributed by atoms with Gasteiger partial charge in [0.15, 0.2) is 5.82 Å². The summed E-state index contributed by atoms with van der Waals surface area (Å²) in [6, 6.07) is 11.0. The van der Waals surface area contributed by atoms with Gasteiger partial charge in [0, 0.05) is 61.1 Å². The number of benzene rings is 1. The van der Waals surface area contributed by atoms with Gasteiger partial charge < -0.3 is 14.6 Å². The van der Waals surface area contributed by atoms with E-state index in [-0.39, 0.29) is 0 Å². The van der Waals surface area contributed by atoms with Crippen molar-refractivity contribution >= 4 is 11.0 Å². The first kappa shape index (κ1) is 18.5. The van der Waals surface area contributed by atoms with Crippen LogP contribution in [0.4, 0.5) is 0 Å². The second-order valence-electron chi connectivity index (χ2n) is 8.49. The molecule has 1 saturated heterocycles. The molecule has 1 aromatic carbocycles. The third-order valence-corrected chi connectivity index (χ3v) is 6.24. The van der Waals surface area contributed by atoms with Crippen LogP contribution in [0.5, 0.6) is 11.6 Å². The SMILES string of the molecule is Cc1[nH]c2ncc(-c3ccc(CN4CCN(C)CC4)cc3)cc2c1-c1ncc2c(n1)O2. The molecule has 7 heteroatoms. The average Bonchev–Trinajstić information content (AvgIpc) is 3.49. The van der Waals surface area contributed by atoms with Crippen LogP contribution in [0.2, 0.25) is 0 Å². The van der Waals surface area contributed by atoms with Crippen LogP contribution < -0.4 is 4.74 Å². The molecule has 3 aromatic heterocycles. The molecule has 0 amide bonds. The minimum Gasteiger partial charge on any atom is -0.428 e. The summed E-state index contributed by atoms with van der Waals surface area (Å²) < 4.78 is 5.29. The Morgan fingerprint density at radius 1 is 1.00 bits per heavy atom. The van der Waals surface area contributed by atoms with E-state index in [1.807, 2.05) is 13.1 Å². The summed E-state index contributed by atoms with van der Waals surface area (Å²) in [4.78, 5) is 21.9. The van der Waals surface area contributed by atoms with Crippen molar-refractivity contribution in [1.29, 1.82) is 0 Å². The summed E-state index contributed by atoms with van der Waals surface area (Å²) in [6.45, 7) is 7.57. The fraction of sp³-hybridized carbons (Fsp3) is 0.292. The molecule has 2 aliphatic rings. The number of aryl methyl sites for hydroxylation is 1. The van der Waals surface area contributed by atoms with Crippen LogP contribution >= 0.6 is 0 Å². The molecular formula is C24H24N6O. The number of nitrogens with one attached hydrogen (secondary N) is 1. The Hall–Kier alpha value is -3.29. The second-order valence-corrected chi connectivity index (χ2v) is 8.49. The summed E-state index contributed by atoms with van der Waals surface area (Å²) in [5, 5.41) is 1.03. The van der Waals surface area contributed by atoms with Gasteiger partial charge in [0.25, 0.3) is 5.88 Å². The molecule has 1 N–H and O–H groups in total. The van der Waals surface area contributed by atoms with Crippen molar-refractivity contribution in [3.8, 4) is 34.1 Å². The summed E-state index contributed by atoms with van der Waals surface area (Å²) in [5.74, 6) is 2.09. The van der Waals surface area contributed by atoms with Crippen LogP contribution in [-0.2, 0) is 6.54 Å². The molecule has 5 heterocycles. The predicted molar refractivity (Wildman–Crippen MR) is 120 cm³/mol. The monoisotopic (exact) mass is 412 g/mol. The number of nitrogens with zero attached hydrogens (tertiary/aromatic N) is 5. The lowest BCUT2D eigenvalue weighted by Gasteiger charge is -2.32. The zero-order valence-corrected chi connectivity index (χ0v) is 17.7. The molecule has 1 fully saturated rings. The summed E-state index contributed by atoms with van der Waals surface area (Å²) in [7, 11) is 2.19. The van der Waals surface area contributed by atoms with Gasteiger partial charge >= 0.3 is 0 Å². The van der Waals surface area contributed by atoms with E-state index in [9.17, 15) is 0 Å². The summed E-state index contributed by atoms with van der Waals surface area (Å²) >= 11 is 0. The highest BCUT2D eigenvalue weighted by Gasteiger charge is 2.25.